The number of furan rings is 1. The summed E-state index contributed by atoms with van der Waals surface area (Å²) < 4.78 is 4.98. The molecule has 3 rings (SSSR count). The molecule has 2 fully saturated rings. The molecule has 126 valence electrons. The van der Waals surface area contributed by atoms with E-state index in [4.69, 9.17) is 4.42 Å². The molecule has 0 spiro atoms. The molecule has 0 saturated carbocycles. The number of rotatable bonds is 4. The van der Waals surface area contributed by atoms with Gasteiger partial charge in [0.1, 0.15) is 6.26 Å². The second-order valence-electron chi connectivity index (χ2n) is 6.22. The highest BCUT2D eigenvalue weighted by Crippen LogP contribution is 2.31. The van der Waals surface area contributed by atoms with E-state index in [0.29, 0.717) is 29.9 Å². The second-order valence-corrected chi connectivity index (χ2v) is 7.51. The number of piperidine rings is 1. The topological polar surface area (TPSA) is 53.8 Å². The Balaban J connectivity index is 1.54. The van der Waals surface area contributed by atoms with Gasteiger partial charge in [0.25, 0.3) is 5.91 Å². The molecule has 1 unspecified atom stereocenters. The van der Waals surface area contributed by atoms with Crippen molar-refractivity contribution in [1.82, 2.24) is 9.80 Å². The maximum Gasteiger partial charge on any atom is 0.257 e. The van der Waals surface area contributed by atoms with Gasteiger partial charge in [-0.1, -0.05) is 13.3 Å². The van der Waals surface area contributed by atoms with E-state index >= 15 is 0 Å². The van der Waals surface area contributed by atoms with Gasteiger partial charge in [-0.15, -0.1) is 11.8 Å². The molecule has 5 nitrogen and oxygen atoms in total. The van der Waals surface area contributed by atoms with Crippen LogP contribution in [0.25, 0.3) is 0 Å². The molecular formula is C17H24N2O3S. The Bertz CT molecular complexity index is 538. The highest BCUT2D eigenvalue weighted by atomic mass is 32.2. The first kappa shape index (κ1) is 16.4. The molecule has 1 aromatic rings. The van der Waals surface area contributed by atoms with Crippen LogP contribution in [0.5, 0.6) is 0 Å². The van der Waals surface area contributed by atoms with E-state index in [-0.39, 0.29) is 11.8 Å². The van der Waals surface area contributed by atoms with Crippen molar-refractivity contribution in [3.63, 3.8) is 0 Å². The van der Waals surface area contributed by atoms with Crippen LogP contribution in [0.4, 0.5) is 0 Å². The molecule has 2 saturated heterocycles. The zero-order valence-corrected chi connectivity index (χ0v) is 14.4. The summed E-state index contributed by atoms with van der Waals surface area (Å²) in [5.74, 6) is 1.42. The van der Waals surface area contributed by atoms with E-state index in [1.54, 1.807) is 6.07 Å². The SMILES string of the molecule is CCCC1SCCN1C(=O)C1CCN(C(=O)c2ccoc2)CC1. The van der Waals surface area contributed by atoms with Crippen molar-refractivity contribution in [3.8, 4) is 0 Å². The fourth-order valence-electron chi connectivity index (χ4n) is 3.39. The van der Waals surface area contributed by atoms with Crippen LogP contribution < -0.4 is 0 Å². The van der Waals surface area contributed by atoms with Crippen LogP contribution in [0, 0.1) is 5.92 Å². The normalized spacial score (nSPS) is 22.6. The summed E-state index contributed by atoms with van der Waals surface area (Å²) in [5.41, 5.74) is 0.591. The highest BCUT2D eigenvalue weighted by Gasteiger charge is 2.35. The molecule has 0 aliphatic carbocycles. The van der Waals surface area contributed by atoms with Crippen molar-refractivity contribution in [2.24, 2.45) is 5.92 Å². The predicted octanol–water partition coefficient (Wildman–Crippen LogP) is 2.83. The number of hydrogen-bond acceptors (Lipinski definition) is 4. The molecule has 1 atom stereocenters. The summed E-state index contributed by atoms with van der Waals surface area (Å²) in [6.45, 7) is 4.35. The van der Waals surface area contributed by atoms with Crippen molar-refractivity contribution < 1.29 is 14.0 Å². The average molecular weight is 336 g/mol. The summed E-state index contributed by atoms with van der Waals surface area (Å²) >= 11 is 1.90. The van der Waals surface area contributed by atoms with Crippen LogP contribution >= 0.6 is 11.8 Å². The number of hydrogen-bond donors (Lipinski definition) is 0. The van der Waals surface area contributed by atoms with Gasteiger partial charge in [0.2, 0.25) is 5.91 Å². The summed E-state index contributed by atoms with van der Waals surface area (Å²) in [7, 11) is 0. The first-order valence-corrected chi connectivity index (χ1v) is 9.49. The Morgan fingerprint density at radius 3 is 2.74 bits per heavy atom. The van der Waals surface area contributed by atoms with Gasteiger partial charge < -0.3 is 14.2 Å². The van der Waals surface area contributed by atoms with Gasteiger partial charge in [0, 0.05) is 31.3 Å². The van der Waals surface area contributed by atoms with E-state index in [9.17, 15) is 9.59 Å². The van der Waals surface area contributed by atoms with Crippen LogP contribution in [0.1, 0.15) is 43.0 Å². The Morgan fingerprint density at radius 2 is 2.09 bits per heavy atom. The summed E-state index contributed by atoms with van der Waals surface area (Å²) in [6, 6.07) is 1.69. The standard InChI is InChI=1S/C17H24N2O3S/c1-2-3-15-19(9-11-23-15)17(21)13-4-7-18(8-5-13)16(20)14-6-10-22-12-14/h6,10,12-13,15H,2-5,7-9,11H2,1H3. The molecule has 0 bridgehead atoms. The molecular weight excluding hydrogens is 312 g/mol. The highest BCUT2D eigenvalue weighted by molar-refractivity contribution is 8.00. The van der Waals surface area contributed by atoms with Gasteiger partial charge in [-0.25, -0.2) is 0 Å². The lowest BCUT2D eigenvalue weighted by Crippen LogP contribution is -2.45. The fraction of sp³-hybridized carbons (Fsp3) is 0.647. The Morgan fingerprint density at radius 1 is 1.30 bits per heavy atom. The summed E-state index contributed by atoms with van der Waals surface area (Å²) in [5, 5.41) is 0.359. The molecule has 0 radical (unpaired) electrons. The smallest absolute Gasteiger partial charge is 0.257 e. The third kappa shape index (κ3) is 3.57. The van der Waals surface area contributed by atoms with Gasteiger partial charge in [0.15, 0.2) is 0 Å². The number of carbonyl (C=O) groups is 2. The first-order chi connectivity index (χ1) is 11.2. The lowest BCUT2D eigenvalue weighted by molar-refractivity contribution is -0.137. The quantitative estimate of drug-likeness (QED) is 0.848. The summed E-state index contributed by atoms with van der Waals surface area (Å²) in [4.78, 5) is 29.0. The van der Waals surface area contributed by atoms with Crippen LogP contribution in [0.2, 0.25) is 0 Å². The number of amides is 2. The van der Waals surface area contributed by atoms with Crippen molar-refractivity contribution in [3.05, 3.63) is 24.2 Å². The lowest BCUT2D eigenvalue weighted by atomic mass is 9.94. The molecule has 6 heteroatoms. The van der Waals surface area contributed by atoms with Crippen molar-refractivity contribution in [2.45, 2.75) is 38.0 Å². The van der Waals surface area contributed by atoms with E-state index in [1.165, 1.54) is 12.5 Å². The van der Waals surface area contributed by atoms with E-state index in [2.05, 4.69) is 11.8 Å². The fourth-order valence-corrected chi connectivity index (χ4v) is 4.76. The minimum Gasteiger partial charge on any atom is -0.472 e. The molecule has 0 aromatic carbocycles. The number of nitrogens with zero attached hydrogens (tertiary/aromatic N) is 2. The van der Waals surface area contributed by atoms with E-state index in [1.807, 2.05) is 16.7 Å². The van der Waals surface area contributed by atoms with Crippen molar-refractivity contribution >= 4 is 23.6 Å². The minimum atomic E-state index is 0.00485. The van der Waals surface area contributed by atoms with Gasteiger partial charge >= 0.3 is 0 Å². The first-order valence-electron chi connectivity index (χ1n) is 8.44. The summed E-state index contributed by atoms with van der Waals surface area (Å²) in [6.07, 6.45) is 6.72. The zero-order chi connectivity index (χ0) is 16.2. The van der Waals surface area contributed by atoms with Gasteiger partial charge in [-0.05, 0) is 25.3 Å². The third-order valence-electron chi connectivity index (χ3n) is 4.71. The van der Waals surface area contributed by atoms with Crippen LogP contribution in [-0.4, -0.2) is 52.4 Å². The van der Waals surface area contributed by atoms with Gasteiger partial charge in [-0.3, -0.25) is 9.59 Å². The van der Waals surface area contributed by atoms with Crippen molar-refractivity contribution in [1.29, 1.82) is 0 Å². The molecule has 23 heavy (non-hydrogen) atoms. The zero-order valence-electron chi connectivity index (χ0n) is 13.6. The lowest BCUT2D eigenvalue weighted by Gasteiger charge is -2.34. The Labute approximate surface area is 141 Å². The molecule has 2 aliphatic heterocycles. The van der Waals surface area contributed by atoms with Gasteiger partial charge in [0.05, 0.1) is 17.2 Å². The number of likely N-dealkylation sites (tertiary alicyclic amines) is 1. The molecule has 0 N–H and O–H groups in total. The van der Waals surface area contributed by atoms with E-state index in [0.717, 1.165) is 38.0 Å². The Kier molecular flexibility index (Phi) is 5.30. The third-order valence-corrected chi connectivity index (χ3v) is 6.00. The predicted molar refractivity (Wildman–Crippen MR) is 90.2 cm³/mol. The van der Waals surface area contributed by atoms with E-state index < -0.39 is 0 Å². The van der Waals surface area contributed by atoms with Crippen molar-refractivity contribution in [2.75, 3.05) is 25.4 Å². The number of carbonyl (C=O) groups excluding carboxylic acids is 2. The van der Waals surface area contributed by atoms with Crippen LogP contribution in [-0.2, 0) is 4.79 Å². The minimum absolute atomic E-state index is 0.00485. The molecule has 2 aliphatic rings. The Hall–Kier alpha value is -1.43. The average Bonchev–Trinajstić information content (AvgIpc) is 3.26. The van der Waals surface area contributed by atoms with Crippen LogP contribution in [0.15, 0.2) is 23.0 Å². The van der Waals surface area contributed by atoms with Gasteiger partial charge in [-0.2, -0.15) is 0 Å². The second kappa shape index (κ2) is 7.43. The monoisotopic (exact) mass is 336 g/mol. The molecule has 1 aromatic heterocycles. The maximum atomic E-state index is 12.8. The largest absolute Gasteiger partial charge is 0.472 e. The molecule has 2 amide bonds. The van der Waals surface area contributed by atoms with Crippen LogP contribution in [0.3, 0.4) is 0 Å². The maximum absolute atomic E-state index is 12.8. The number of thioether (sulfide) groups is 1. The molecule has 3 heterocycles.